The normalized spacial score (nSPS) is 21.5. The smallest absolute Gasteiger partial charge is 0.150 e. The highest BCUT2D eigenvalue weighted by Crippen LogP contribution is 2.42. The minimum atomic E-state index is -0.568. The minimum Gasteiger partial charge on any atom is -0.497 e. The number of ether oxygens (including phenoxy) is 1. The number of halogens is 1. The lowest BCUT2D eigenvalue weighted by Crippen LogP contribution is -2.66. The van der Waals surface area contributed by atoms with Crippen LogP contribution in [-0.2, 0) is 6.54 Å². The van der Waals surface area contributed by atoms with E-state index in [2.05, 4.69) is 61.2 Å². The third kappa shape index (κ3) is 5.18. The first-order valence-electron chi connectivity index (χ1n) is 14.3. The first kappa shape index (κ1) is 28.0. The van der Waals surface area contributed by atoms with E-state index in [0.717, 1.165) is 35.7 Å². The van der Waals surface area contributed by atoms with Crippen LogP contribution in [0.25, 0.3) is 5.69 Å². The van der Waals surface area contributed by atoms with Crippen LogP contribution in [0.5, 0.6) is 5.75 Å². The molecule has 0 bridgehead atoms. The third-order valence-corrected chi connectivity index (χ3v) is 8.27. The van der Waals surface area contributed by atoms with Gasteiger partial charge in [0, 0.05) is 43.5 Å². The molecule has 42 heavy (non-hydrogen) atoms. The maximum atomic E-state index is 15.7. The number of aromatic nitrogens is 3. The largest absolute Gasteiger partial charge is 0.497 e. The number of hydrogen-bond acceptors (Lipinski definition) is 8. The average Bonchev–Trinajstić information content (AvgIpc) is 3.44. The molecular formula is C32H37FN8O. The lowest BCUT2D eigenvalue weighted by molar-refractivity contribution is 0.126. The van der Waals surface area contributed by atoms with Crippen LogP contribution in [0.4, 0.5) is 10.1 Å². The molecule has 4 N–H and O–H groups in total. The molecule has 3 unspecified atom stereocenters. The molecule has 218 valence electrons. The zero-order valence-corrected chi connectivity index (χ0v) is 24.2. The molecule has 9 nitrogen and oxygen atoms in total. The summed E-state index contributed by atoms with van der Waals surface area (Å²) in [6.07, 6.45) is 0.577. The highest BCUT2D eigenvalue weighted by atomic mass is 19.1. The van der Waals surface area contributed by atoms with E-state index in [0.29, 0.717) is 30.3 Å². The monoisotopic (exact) mass is 568 g/mol. The summed E-state index contributed by atoms with van der Waals surface area (Å²) in [5, 5.41) is 4.28. The molecular weight excluding hydrogens is 531 g/mol. The highest BCUT2D eigenvalue weighted by Gasteiger charge is 2.43. The van der Waals surface area contributed by atoms with Crippen molar-refractivity contribution in [3.05, 3.63) is 113 Å². The molecule has 2 aliphatic heterocycles. The van der Waals surface area contributed by atoms with E-state index in [9.17, 15) is 0 Å². The number of hydrogen-bond donors (Lipinski definition) is 2. The van der Waals surface area contributed by atoms with Gasteiger partial charge >= 0.3 is 0 Å². The number of likely N-dealkylation sites (N-methyl/N-ethyl adjacent to an activating group) is 1. The van der Waals surface area contributed by atoms with Crippen molar-refractivity contribution in [1.29, 1.82) is 0 Å². The summed E-state index contributed by atoms with van der Waals surface area (Å²) in [6, 6.07) is 23.8. The fraction of sp³-hybridized carbons (Fsp3) is 0.312. The van der Waals surface area contributed by atoms with Crippen molar-refractivity contribution in [2.75, 3.05) is 31.6 Å². The molecule has 6 rings (SSSR count). The van der Waals surface area contributed by atoms with Crippen LogP contribution in [0.3, 0.4) is 0 Å². The van der Waals surface area contributed by atoms with Gasteiger partial charge in [-0.2, -0.15) is 5.10 Å². The molecule has 0 fully saturated rings. The van der Waals surface area contributed by atoms with Gasteiger partial charge in [-0.25, -0.2) is 14.1 Å². The molecule has 3 heterocycles. The minimum absolute atomic E-state index is 0.0231. The van der Waals surface area contributed by atoms with Crippen LogP contribution in [0.15, 0.2) is 90.4 Å². The fourth-order valence-electron chi connectivity index (χ4n) is 6.21. The number of nitrogens with two attached hydrogens (primary N) is 2. The molecule has 1 aromatic heterocycles. The number of rotatable bonds is 7. The van der Waals surface area contributed by atoms with E-state index in [1.807, 2.05) is 31.2 Å². The van der Waals surface area contributed by atoms with Crippen LogP contribution in [-0.4, -0.2) is 63.8 Å². The van der Waals surface area contributed by atoms with Crippen LogP contribution in [0.1, 0.15) is 29.8 Å². The summed E-state index contributed by atoms with van der Waals surface area (Å²) in [7, 11) is 1.67. The van der Waals surface area contributed by atoms with Gasteiger partial charge in [0.1, 0.15) is 29.9 Å². The first-order chi connectivity index (χ1) is 20.4. The Kier molecular flexibility index (Phi) is 7.78. The van der Waals surface area contributed by atoms with Crippen LogP contribution in [0, 0.1) is 12.7 Å². The van der Waals surface area contributed by atoms with Gasteiger partial charge in [0.25, 0.3) is 0 Å². The molecule has 0 radical (unpaired) electrons. The molecule has 2 aliphatic rings. The Bertz CT molecular complexity index is 1570. The molecule has 0 saturated heterocycles. The van der Waals surface area contributed by atoms with Gasteiger partial charge in [-0.3, -0.25) is 15.5 Å². The molecule has 0 amide bonds. The Balaban J connectivity index is 1.44. The summed E-state index contributed by atoms with van der Waals surface area (Å²) in [5.74, 6) is 0.980. The Morgan fingerprint density at radius 1 is 1.02 bits per heavy atom. The van der Waals surface area contributed by atoms with E-state index in [-0.39, 0.29) is 12.1 Å². The zero-order chi connectivity index (χ0) is 29.4. The van der Waals surface area contributed by atoms with E-state index < -0.39 is 12.1 Å². The predicted octanol–water partition coefficient (Wildman–Crippen LogP) is 3.95. The van der Waals surface area contributed by atoms with E-state index >= 15 is 4.39 Å². The summed E-state index contributed by atoms with van der Waals surface area (Å²) in [6.45, 7) is 6.66. The number of aryl methyl sites for hydroxylation is 1. The van der Waals surface area contributed by atoms with Gasteiger partial charge in [-0.15, -0.1) is 0 Å². The Morgan fingerprint density at radius 2 is 1.79 bits per heavy atom. The Morgan fingerprint density at radius 3 is 2.43 bits per heavy atom. The van der Waals surface area contributed by atoms with Crippen molar-refractivity contribution in [2.24, 2.45) is 11.5 Å². The molecule has 10 heteroatoms. The van der Waals surface area contributed by atoms with Crippen molar-refractivity contribution in [3.8, 4) is 11.4 Å². The van der Waals surface area contributed by atoms with E-state index in [1.165, 1.54) is 22.6 Å². The predicted molar refractivity (Wildman–Crippen MR) is 161 cm³/mol. The third-order valence-electron chi connectivity index (χ3n) is 8.27. The quantitative estimate of drug-likeness (QED) is 0.346. The summed E-state index contributed by atoms with van der Waals surface area (Å²) < 4.78 is 22.5. The van der Waals surface area contributed by atoms with Crippen molar-refractivity contribution in [3.63, 3.8) is 0 Å². The fourth-order valence-corrected chi connectivity index (χ4v) is 6.21. The maximum Gasteiger partial charge on any atom is 0.150 e. The van der Waals surface area contributed by atoms with Crippen molar-refractivity contribution >= 4 is 5.69 Å². The second-order valence-electron chi connectivity index (χ2n) is 10.8. The van der Waals surface area contributed by atoms with Gasteiger partial charge < -0.3 is 15.4 Å². The van der Waals surface area contributed by atoms with Gasteiger partial charge in [0.2, 0.25) is 0 Å². The first-order valence-corrected chi connectivity index (χ1v) is 14.3. The lowest BCUT2D eigenvalue weighted by atomic mass is 9.85. The van der Waals surface area contributed by atoms with Gasteiger partial charge in [-0.05, 0) is 54.0 Å². The zero-order valence-electron chi connectivity index (χ0n) is 24.2. The number of benzene rings is 3. The summed E-state index contributed by atoms with van der Waals surface area (Å²) in [4.78, 5) is 10.7. The number of nitrogens with zero attached hydrogens (tertiary/aromatic N) is 6. The molecule has 0 saturated carbocycles. The SMILES string of the molecule is CCN1C(N)C2=C(C(c3ccccc3)CN(Cc3ccc(OC)cc3)C2)N(c2ccc(-n3cnc(C)n3)c(F)c2)C1N. The highest BCUT2D eigenvalue weighted by molar-refractivity contribution is 5.61. The number of methoxy groups -OCH3 is 1. The van der Waals surface area contributed by atoms with Gasteiger partial charge in [-0.1, -0.05) is 49.4 Å². The van der Waals surface area contributed by atoms with Gasteiger partial charge in [0.15, 0.2) is 5.82 Å². The topological polar surface area (TPSA) is 102 Å². The lowest BCUT2D eigenvalue weighted by Gasteiger charge is -2.53. The molecule has 0 spiro atoms. The molecule has 3 aromatic carbocycles. The van der Waals surface area contributed by atoms with Gasteiger partial charge in [0.05, 0.1) is 13.3 Å². The average molecular weight is 569 g/mol. The summed E-state index contributed by atoms with van der Waals surface area (Å²) >= 11 is 0. The Hall–Kier alpha value is -4.09. The van der Waals surface area contributed by atoms with Crippen LogP contribution < -0.4 is 21.1 Å². The molecule has 3 atom stereocenters. The van der Waals surface area contributed by atoms with Crippen molar-refractivity contribution in [1.82, 2.24) is 24.6 Å². The molecule has 4 aromatic rings. The van der Waals surface area contributed by atoms with Crippen LogP contribution >= 0.6 is 0 Å². The standard InChI is InChI=1S/C32H37FN8O/c1-4-39-31(34)27-19-38(17-22-10-13-25(42-3)14-11-22)18-26(23-8-6-5-7-9-23)30(27)41(32(39)35)24-12-15-29(28(33)16-24)40-20-36-21(2)37-40/h5-16,20,26,31-32H,4,17-19,34-35H2,1-3H3. The molecule has 0 aliphatic carbocycles. The van der Waals surface area contributed by atoms with E-state index in [4.69, 9.17) is 16.2 Å². The second kappa shape index (κ2) is 11.7. The van der Waals surface area contributed by atoms with Crippen LogP contribution in [0.2, 0.25) is 0 Å². The maximum absolute atomic E-state index is 15.7. The second-order valence-corrected chi connectivity index (χ2v) is 10.8. The van der Waals surface area contributed by atoms with Crippen molar-refractivity contribution < 1.29 is 9.13 Å². The Labute approximate surface area is 245 Å². The number of anilines is 1. The van der Waals surface area contributed by atoms with Crippen molar-refractivity contribution in [2.45, 2.75) is 38.8 Å². The summed E-state index contributed by atoms with van der Waals surface area (Å²) in [5.41, 5.74) is 19.4. The van der Waals surface area contributed by atoms with E-state index in [1.54, 1.807) is 20.1 Å².